The predicted molar refractivity (Wildman–Crippen MR) is 77.9 cm³/mol. The summed E-state index contributed by atoms with van der Waals surface area (Å²) in [5, 5.41) is 7.18. The highest BCUT2D eigenvalue weighted by Gasteiger charge is 2.12. The van der Waals surface area contributed by atoms with Gasteiger partial charge >= 0.3 is 0 Å². The molecule has 1 aromatic carbocycles. The molecule has 0 radical (unpaired) electrons. The first-order valence-electron chi connectivity index (χ1n) is 6.54. The summed E-state index contributed by atoms with van der Waals surface area (Å²) in [5.41, 5.74) is 1.68. The largest absolute Gasteiger partial charge is 0.497 e. The molecule has 0 unspecified atom stereocenters. The van der Waals surface area contributed by atoms with Crippen LogP contribution in [0.15, 0.2) is 36.5 Å². The molecule has 106 valence electrons. The summed E-state index contributed by atoms with van der Waals surface area (Å²) in [4.78, 5) is 12.0. The lowest BCUT2D eigenvalue weighted by Gasteiger charge is -2.12. The van der Waals surface area contributed by atoms with Gasteiger partial charge in [0.15, 0.2) is 0 Å². The van der Waals surface area contributed by atoms with Gasteiger partial charge in [-0.2, -0.15) is 5.10 Å². The number of nitrogens with one attached hydrogen (secondary N) is 1. The van der Waals surface area contributed by atoms with Crippen molar-refractivity contribution in [3.63, 3.8) is 0 Å². The number of nitrogens with zero attached hydrogens (tertiary/aromatic N) is 2. The molecule has 1 atom stereocenters. The molecule has 0 aliphatic carbocycles. The van der Waals surface area contributed by atoms with E-state index in [1.807, 2.05) is 44.3 Å². The molecule has 0 saturated heterocycles. The highest BCUT2D eigenvalue weighted by atomic mass is 16.5. The molecule has 0 bridgehead atoms. The molecule has 0 fully saturated rings. The van der Waals surface area contributed by atoms with Gasteiger partial charge in [-0.1, -0.05) is 6.07 Å². The second-order valence-electron chi connectivity index (χ2n) is 4.77. The fraction of sp³-hybridized carbons (Fsp3) is 0.333. The Morgan fingerprint density at radius 3 is 2.90 bits per heavy atom. The standard InChI is InChI=1S/C15H19N3O2/c1-11-7-8-18(17-11)12(2)9-15(19)16-13-5-4-6-14(10-13)20-3/h4-8,10,12H,9H2,1-3H3,(H,16,19)/t12-/m0/s1. The third-order valence-corrected chi connectivity index (χ3v) is 3.03. The molecule has 20 heavy (non-hydrogen) atoms. The van der Waals surface area contributed by atoms with E-state index in [0.717, 1.165) is 17.1 Å². The van der Waals surface area contributed by atoms with Crippen LogP contribution in [-0.4, -0.2) is 22.8 Å². The van der Waals surface area contributed by atoms with Gasteiger partial charge in [-0.25, -0.2) is 0 Å². The van der Waals surface area contributed by atoms with E-state index in [2.05, 4.69) is 10.4 Å². The fourth-order valence-corrected chi connectivity index (χ4v) is 1.95. The number of rotatable bonds is 5. The number of amides is 1. The normalized spacial score (nSPS) is 11.9. The Morgan fingerprint density at radius 1 is 1.45 bits per heavy atom. The summed E-state index contributed by atoms with van der Waals surface area (Å²) in [6.07, 6.45) is 2.26. The molecule has 1 amide bonds. The first-order valence-corrected chi connectivity index (χ1v) is 6.54. The van der Waals surface area contributed by atoms with Crippen LogP contribution in [0.1, 0.15) is 25.1 Å². The monoisotopic (exact) mass is 273 g/mol. The molecule has 0 aliphatic rings. The first-order chi connectivity index (χ1) is 9.58. The van der Waals surface area contributed by atoms with Crippen molar-refractivity contribution >= 4 is 11.6 Å². The average molecular weight is 273 g/mol. The summed E-state index contributed by atoms with van der Waals surface area (Å²) in [6.45, 7) is 3.90. The Morgan fingerprint density at radius 2 is 2.25 bits per heavy atom. The van der Waals surface area contributed by atoms with E-state index in [4.69, 9.17) is 4.74 Å². The van der Waals surface area contributed by atoms with Crippen LogP contribution in [0.5, 0.6) is 5.75 Å². The molecule has 5 nitrogen and oxygen atoms in total. The summed E-state index contributed by atoms with van der Waals surface area (Å²) in [6, 6.07) is 9.26. The smallest absolute Gasteiger partial charge is 0.226 e. The van der Waals surface area contributed by atoms with Crippen molar-refractivity contribution in [1.82, 2.24) is 9.78 Å². The number of benzene rings is 1. The number of hydrogen-bond acceptors (Lipinski definition) is 3. The maximum Gasteiger partial charge on any atom is 0.226 e. The average Bonchev–Trinajstić information content (AvgIpc) is 2.85. The molecule has 2 aromatic rings. The van der Waals surface area contributed by atoms with Gasteiger partial charge in [-0.15, -0.1) is 0 Å². The molecule has 1 aromatic heterocycles. The lowest BCUT2D eigenvalue weighted by Crippen LogP contribution is -2.18. The Hall–Kier alpha value is -2.30. The zero-order chi connectivity index (χ0) is 14.5. The van der Waals surface area contributed by atoms with Crippen LogP contribution in [0, 0.1) is 6.92 Å². The van der Waals surface area contributed by atoms with Gasteiger partial charge in [-0.05, 0) is 32.0 Å². The van der Waals surface area contributed by atoms with E-state index in [-0.39, 0.29) is 11.9 Å². The number of hydrogen-bond donors (Lipinski definition) is 1. The molecule has 1 N–H and O–H groups in total. The van der Waals surface area contributed by atoms with Crippen LogP contribution in [0.3, 0.4) is 0 Å². The number of carbonyl (C=O) groups excluding carboxylic acids is 1. The van der Waals surface area contributed by atoms with Gasteiger partial charge < -0.3 is 10.1 Å². The zero-order valence-corrected chi connectivity index (χ0v) is 12.0. The van der Waals surface area contributed by atoms with Crippen LogP contribution < -0.4 is 10.1 Å². The fourth-order valence-electron chi connectivity index (χ4n) is 1.95. The first kappa shape index (κ1) is 14.1. The third kappa shape index (κ3) is 3.60. The van der Waals surface area contributed by atoms with Gasteiger partial charge in [0.2, 0.25) is 5.91 Å². The quantitative estimate of drug-likeness (QED) is 0.911. The Balaban J connectivity index is 1.95. The minimum atomic E-state index is -0.0427. The van der Waals surface area contributed by atoms with Crippen molar-refractivity contribution < 1.29 is 9.53 Å². The minimum Gasteiger partial charge on any atom is -0.497 e. The van der Waals surface area contributed by atoms with Crippen LogP contribution in [-0.2, 0) is 4.79 Å². The van der Waals surface area contributed by atoms with E-state index >= 15 is 0 Å². The molecule has 1 heterocycles. The lowest BCUT2D eigenvalue weighted by molar-refractivity contribution is -0.116. The molecular formula is C15H19N3O2. The Bertz CT molecular complexity index is 592. The van der Waals surface area contributed by atoms with Crippen molar-refractivity contribution in [2.24, 2.45) is 0 Å². The van der Waals surface area contributed by atoms with Gasteiger partial charge in [0.1, 0.15) is 5.75 Å². The van der Waals surface area contributed by atoms with Crippen LogP contribution in [0.4, 0.5) is 5.69 Å². The summed E-state index contributed by atoms with van der Waals surface area (Å²) >= 11 is 0. The van der Waals surface area contributed by atoms with Crippen molar-refractivity contribution in [3.8, 4) is 5.75 Å². The number of carbonyl (C=O) groups is 1. The number of methoxy groups -OCH3 is 1. The van der Waals surface area contributed by atoms with E-state index in [1.54, 1.807) is 17.9 Å². The van der Waals surface area contributed by atoms with E-state index < -0.39 is 0 Å². The molecule has 0 aliphatic heterocycles. The van der Waals surface area contributed by atoms with Crippen molar-refractivity contribution in [3.05, 3.63) is 42.2 Å². The lowest BCUT2D eigenvalue weighted by atomic mass is 10.2. The predicted octanol–water partition coefficient (Wildman–Crippen LogP) is 2.79. The molecule has 0 spiro atoms. The summed E-state index contributed by atoms with van der Waals surface area (Å²) < 4.78 is 6.93. The van der Waals surface area contributed by atoms with E-state index in [9.17, 15) is 4.79 Å². The maximum atomic E-state index is 12.0. The van der Waals surface area contributed by atoms with Gasteiger partial charge in [0.05, 0.1) is 18.8 Å². The van der Waals surface area contributed by atoms with Crippen LogP contribution in [0.2, 0.25) is 0 Å². The van der Waals surface area contributed by atoms with Gasteiger partial charge in [0, 0.05) is 24.4 Å². The zero-order valence-electron chi connectivity index (χ0n) is 12.0. The van der Waals surface area contributed by atoms with Crippen molar-refractivity contribution in [2.45, 2.75) is 26.3 Å². The van der Waals surface area contributed by atoms with Crippen molar-refractivity contribution in [1.29, 1.82) is 0 Å². The number of ether oxygens (including phenoxy) is 1. The summed E-state index contributed by atoms with van der Waals surface area (Å²) in [5.74, 6) is 0.678. The van der Waals surface area contributed by atoms with Crippen molar-refractivity contribution in [2.75, 3.05) is 12.4 Å². The molecule has 2 rings (SSSR count). The number of anilines is 1. The second-order valence-corrected chi connectivity index (χ2v) is 4.77. The molecule has 0 saturated carbocycles. The van der Waals surface area contributed by atoms with E-state index in [0.29, 0.717) is 6.42 Å². The highest BCUT2D eigenvalue weighted by Crippen LogP contribution is 2.18. The van der Waals surface area contributed by atoms with Gasteiger partial charge in [0.25, 0.3) is 0 Å². The van der Waals surface area contributed by atoms with E-state index in [1.165, 1.54) is 0 Å². The topological polar surface area (TPSA) is 56.1 Å². The minimum absolute atomic E-state index is 0.0225. The summed E-state index contributed by atoms with van der Waals surface area (Å²) in [7, 11) is 1.60. The second kappa shape index (κ2) is 6.23. The van der Waals surface area contributed by atoms with Crippen LogP contribution >= 0.6 is 0 Å². The van der Waals surface area contributed by atoms with Gasteiger partial charge in [-0.3, -0.25) is 9.48 Å². The Kier molecular flexibility index (Phi) is 4.40. The molecular weight excluding hydrogens is 254 g/mol. The highest BCUT2D eigenvalue weighted by molar-refractivity contribution is 5.91. The maximum absolute atomic E-state index is 12.0. The SMILES string of the molecule is COc1cccc(NC(=O)C[C@H](C)n2ccc(C)n2)c1. The molecule has 5 heteroatoms. The van der Waals surface area contributed by atoms with Crippen LogP contribution in [0.25, 0.3) is 0 Å². The third-order valence-electron chi connectivity index (χ3n) is 3.03. The number of aromatic nitrogens is 2. The number of aryl methyl sites for hydroxylation is 1. The Labute approximate surface area is 118 Å².